The Morgan fingerprint density at radius 1 is 1.38 bits per heavy atom. The summed E-state index contributed by atoms with van der Waals surface area (Å²) < 4.78 is 5.32. The number of aromatic nitrogens is 1. The van der Waals surface area contributed by atoms with Gasteiger partial charge in [-0.15, -0.1) is 0 Å². The second-order valence-corrected chi connectivity index (χ2v) is 6.68. The lowest BCUT2D eigenvalue weighted by molar-refractivity contribution is 0.0642. The molecule has 0 bridgehead atoms. The quantitative estimate of drug-likeness (QED) is 0.894. The van der Waals surface area contributed by atoms with E-state index in [0.717, 1.165) is 31.7 Å². The number of anilines is 1. The highest BCUT2D eigenvalue weighted by Gasteiger charge is 2.20. The fraction of sp³-hybridized carbons (Fsp3) is 0.625. The van der Waals surface area contributed by atoms with Crippen molar-refractivity contribution in [1.82, 2.24) is 10.3 Å². The normalized spacial score (nSPS) is 16.7. The van der Waals surface area contributed by atoms with Gasteiger partial charge in [-0.25, -0.2) is 4.98 Å². The minimum Gasteiger partial charge on any atom is -0.384 e. The van der Waals surface area contributed by atoms with Crippen molar-refractivity contribution in [3.8, 4) is 0 Å². The molecule has 1 aliphatic heterocycles. The molecule has 3 N–H and O–H groups in total. The van der Waals surface area contributed by atoms with E-state index in [9.17, 15) is 4.79 Å². The van der Waals surface area contributed by atoms with E-state index in [1.807, 2.05) is 6.07 Å². The molecule has 1 saturated heterocycles. The van der Waals surface area contributed by atoms with Crippen LogP contribution in [0.15, 0.2) is 12.1 Å². The van der Waals surface area contributed by atoms with Crippen LogP contribution in [0, 0.1) is 5.92 Å². The summed E-state index contributed by atoms with van der Waals surface area (Å²) in [6, 6.07) is 3.46. The number of nitrogens with one attached hydrogen (secondary N) is 1. The molecule has 0 saturated carbocycles. The number of nitrogens with two attached hydrogens (primary N) is 1. The Morgan fingerprint density at radius 3 is 2.67 bits per heavy atom. The maximum atomic E-state index is 12.3. The van der Waals surface area contributed by atoms with Crippen molar-refractivity contribution < 1.29 is 9.53 Å². The summed E-state index contributed by atoms with van der Waals surface area (Å²) in [6.45, 7) is 8.43. The zero-order chi connectivity index (χ0) is 15.5. The summed E-state index contributed by atoms with van der Waals surface area (Å²) in [4.78, 5) is 16.6. The highest BCUT2D eigenvalue weighted by molar-refractivity contribution is 5.95. The summed E-state index contributed by atoms with van der Waals surface area (Å²) in [5, 5.41) is 3.00. The van der Waals surface area contributed by atoms with Gasteiger partial charge in [-0.05, 0) is 30.9 Å². The van der Waals surface area contributed by atoms with Crippen LogP contribution in [0.25, 0.3) is 0 Å². The first-order valence-electron chi connectivity index (χ1n) is 7.50. The van der Waals surface area contributed by atoms with Gasteiger partial charge in [0.15, 0.2) is 0 Å². The fourth-order valence-electron chi connectivity index (χ4n) is 2.36. The lowest BCUT2D eigenvalue weighted by atomic mass is 9.90. The Kier molecular flexibility index (Phi) is 4.83. The summed E-state index contributed by atoms with van der Waals surface area (Å²) in [6.07, 6.45) is 2.01. The zero-order valence-corrected chi connectivity index (χ0v) is 13.1. The first kappa shape index (κ1) is 15.8. The molecule has 1 aromatic rings. The molecular weight excluding hydrogens is 266 g/mol. The molecule has 0 atom stereocenters. The minimum atomic E-state index is -0.134. The lowest BCUT2D eigenvalue weighted by Crippen LogP contribution is -2.32. The molecular formula is C16H25N3O2. The van der Waals surface area contributed by atoms with Crippen LogP contribution in [-0.4, -0.2) is 30.6 Å². The number of carbonyl (C=O) groups is 1. The topological polar surface area (TPSA) is 77.2 Å². The lowest BCUT2D eigenvalue weighted by Gasteiger charge is -2.22. The maximum Gasteiger partial charge on any atom is 0.251 e. The molecule has 21 heavy (non-hydrogen) atoms. The third-order valence-corrected chi connectivity index (χ3v) is 3.77. The number of hydrogen-bond acceptors (Lipinski definition) is 4. The maximum absolute atomic E-state index is 12.3. The molecule has 2 heterocycles. The van der Waals surface area contributed by atoms with E-state index in [4.69, 9.17) is 10.5 Å². The van der Waals surface area contributed by atoms with Crippen LogP contribution >= 0.6 is 0 Å². The number of carbonyl (C=O) groups excluding carboxylic acids is 1. The van der Waals surface area contributed by atoms with E-state index in [-0.39, 0.29) is 11.3 Å². The third-order valence-electron chi connectivity index (χ3n) is 3.77. The predicted octanol–water partition coefficient (Wildman–Crippen LogP) is 2.12. The van der Waals surface area contributed by atoms with E-state index < -0.39 is 0 Å². The summed E-state index contributed by atoms with van der Waals surface area (Å²) in [5.41, 5.74) is 7.11. The van der Waals surface area contributed by atoms with Crippen LogP contribution in [0.3, 0.4) is 0 Å². The Balaban J connectivity index is 2.03. The SMILES string of the molecule is CC(C)(C)c1cc(C(=O)NCC2CCOCC2)cc(N)n1. The van der Waals surface area contributed by atoms with Gasteiger partial charge in [0.2, 0.25) is 0 Å². The van der Waals surface area contributed by atoms with E-state index in [2.05, 4.69) is 31.1 Å². The molecule has 2 rings (SSSR count). The zero-order valence-electron chi connectivity index (χ0n) is 13.1. The van der Waals surface area contributed by atoms with Crippen molar-refractivity contribution in [1.29, 1.82) is 0 Å². The molecule has 0 spiro atoms. The minimum absolute atomic E-state index is 0.0823. The second-order valence-electron chi connectivity index (χ2n) is 6.68. The van der Waals surface area contributed by atoms with Crippen molar-refractivity contribution in [2.24, 2.45) is 5.92 Å². The third kappa shape index (κ3) is 4.43. The summed E-state index contributed by atoms with van der Waals surface area (Å²) >= 11 is 0. The van der Waals surface area contributed by atoms with Crippen LogP contribution < -0.4 is 11.1 Å². The Bertz CT molecular complexity index is 503. The first-order chi connectivity index (χ1) is 9.86. The van der Waals surface area contributed by atoms with Crippen LogP contribution in [-0.2, 0) is 10.2 Å². The predicted molar refractivity (Wildman–Crippen MR) is 83.2 cm³/mol. The van der Waals surface area contributed by atoms with Gasteiger partial charge in [-0.2, -0.15) is 0 Å². The molecule has 116 valence electrons. The number of rotatable bonds is 3. The Morgan fingerprint density at radius 2 is 2.05 bits per heavy atom. The number of hydrogen-bond donors (Lipinski definition) is 2. The van der Waals surface area contributed by atoms with Crippen molar-refractivity contribution >= 4 is 11.7 Å². The summed E-state index contributed by atoms with van der Waals surface area (Å²) in [5.74, 6) is 0.809. The summed E-state index contributed by atoms with van der Waals surface area (Å²) in [7, 11) is 0. The van der Waals surface area contributed by atoms with Crippen LogP contribution in [0.2, 0.25) is 0 Å². The molecule has 1 aliphatic rings. The molecule has 0 unspecified atom stereocenters. The van der Waals surface area contributed by atoms with Crippen molar-refractivity contribution in [3.05, 3.63) is 23.4 Å². The monoisotopic (exact) mass is 291 g/mol. The molecule has 0 radical (unpaired) electrons. The van der Waals surface area contributed by atoms with E-state index in [1.54, 1.807) is 6.07 Å². The van der Waals surface area contributed by atoms with Gasteiger partial charge < -0.3 is 15.8 Å². The van der Waals surface area contributed by atoms with Crippen molar-refractivity contribution in [2.45, 2.75) is 39.0 Å². The molecule has 0 aromatic carbocycles. The van der Waals surface area contributed by atoms with E-state index in [0.29, 0.717) is 23.8 Å². The van der Waals surface area contributed by atoms with Crippen molar-refractivity contribution in [2.75, 3.05) is 25.5 Å². The fourth-order valence-corrected chi connectivity index (χ4v) is 2.36. The molecule has 5 nitrogen and oxygen atoms in total. The average molecular weight is 291 g/mol. The standard InChI is InChI=1S/C16H25N3O2/c1-16(2,3)13-8-12(9-14(17)19-13)15(20)18-10-11-4-6-21-7-5-11/h8-9,11H,4-7,10H2,1-3H3,(H2,17,19)(H,18,20). The van der Waals surface area contributed by atoms with Crippen molar-refractivity contribution in [3.63, 3.8) is 0 Å². The largest absolute Gasteiger partial charge is 0.384 e. The molecule has 1 amide bonds. The average Bonchev–Trinajstić information content (AvgIpc) is 2.44. The highest BCUT2D eigenvalue weighted by atomic mass is 16.5. The van der Waals surface area contributed by atoms with Gasteiger partial charge in [0, 0.05) is 36.4 Å². The highest BCUT2D eigenvalue weighted by Crippen LogP contribution is 2.22. The van der Waals surface area contributed by atoms with Gasteiger partial charge in [0.25, 0.3) is 5.91 Å². The number of nitrogens with zero attached hydrogens (tertiary/aromatic N) is 1. The Hall–Kier alpha value is -1.62. The number of amides is 1. The van der Waals surface area contributed by atoms with Gasteiger partial charge in [0.1, 0.15) is 5.82 Å². The van der Waals surface area contributed by atoms with E-state index in [1.165, 1.54) is 0 Å². The van der Waals surface area contributed by atoms with Gasteiger partial charge >= 0.3 is 0 Å². The molecule has 1 fully saturated rings. The molecule has 1 aromatic heterocycles. The van der Waals surface area contributed by atoms with Gasteiger partial charge in [-0.1, -0.05) is 20.8 Å². The van der Waals surface area contributed by atoms with Gasteiger partial charge in [0.05, 0.1) is 0 Å². The molecule has 0 aliphatic carbocycles. The number of nitrogen functional groups attached to an aromatic ring is 1. The smallest absolute Gasteiger partial charge is 0.251 e. The number of ether oxygens (including phenoxy) is 1. The van der Waals surface area contributed by atoms with Crippen LogP contribution in [0.1, 0.15) is 49.7 Å². The first-order valence-corrected chi connectivity index (χ1v) is 7.50. The second kappa shape index (κ2) is 6.43. The van der Waals surface area contributed by atoms with Crippen LogP contribution in [0.4, 0.5) is 5.82 Å². The van der Waals surface area contributed by atoms with Gasteiger partial charge in [-0.3, -0.25) is 4.79 Å². The Labute approximate surface area is 126 Å². The molecule has 5 heteroatoms. The van der Waals surface area contributed by atoms with E-state index >= 15 is 0 Å². The van der Waals surface area contributed by atoms with Crippen LogP contribution in [0.5, 0.6) is 0 Å². The number of pyridine rings is 1.